The summed E-state index contributed by atoms with van der Waals surface area (Å²) in [6.45, 7) is 0.211. The van der Waals surface area contributed by atoms with E-state index in [1.807, 2.05) is 0 Å². The van der Waals surface area contributed by atoms with Crippen LogP contribution in [0.3, 0.4) is 0 Å². The summed E-state index contributed by atoms with van der Waals surface area (Å²) in [5, 5.41) is 5.56. The molecule has 2 aliphatic rings. The number of carbonyl (C=O) groups is 3. The van der Waals surface area contributed by atoms with E-state index in [0.717, 1.165) is 12.8 Å². The first-order valence-electron chi connectivity index (χ1n) is 10.3. The van der Waals surface area contributed by atoms with Crippen LogP contribution in [0.5, 0.6) is 11.6 Å². The fraction of sp³-hybridized carbons (Fsp3) is 0.364. The van der Waals surface area contributed by atoms with Crippen LogP contribution < -0.4 is 15.4 Å². The van der Waals surface area contributed by atoms with E-state index in [0.29, 0.717) is 36.6 Å². The molecule has 0 bridgehead atoms. The number of hydrogen-bond acceptors (Lipinski definition) is 5. The van der Waals surface area contributed by atoms with Crippen molar-refractivity contribution in [3.05, 3.63) is 48.4 Å². The smallest absolute Gasteiger partial charge is 0.325 e. The van der Waals surface area contributed by atoms with E-state index in [1.54, 1.807) is 12.1 Å². The van der Waals surface area contributed by atoms with Crippen molar-refractivity contribution in [2.24, 2.45) is 0 Å². The topological polar surface area (TPSA) is 101 Å². The third-order valence-corrected chi connectivity index (χ3v) is 5.54. The van der Waals surface area contributed by atoms with E-state index in [1.165, 1.54) is 35.4 Å². The maximum Gasteiger partial charge on any atom is 0.325 e. The second-order valence-corrected chi connectivity index (χ2v) is 7.77. The van der Waals surface area contributed by atoms with Gasteiger partial charge in [0, 0.05) is 19.0 Å². The molecule has 2 aromatic rings. The molecule has 4 amide bonds. The fourth-order valence-corrected chi connectivity index (χ4v) is 3.96. The molecule has 1 saturated heterocycles. The van der Waals surface area contributed by atoms with Gasteiger partial charge in [0.25, 0.3) is 5.91 Å². The Kier molecular flexibility index (Phi) is 5.83. The monoisotopic (exact) mass is 426 g/mol. The van der Waals surface area contributed by atoms with E-state index in [2.05, 4.69) is 15.6 Å². The van der Waals surface area contributed by atoms with Gasteiger partial charge in [-0.05, 0) is 49.6 Å². The Bertz CT molecular complexity index is 972. The van der Waals surface area contributed by atoms with Crippen molar-refractivity contribution in [1.29, 1.82) is 0 Å². The largest absolute Gasteiger partial charge is 0.439 e. The molecule has 1 aromatic carbocycles. The number of amides is 4. The summed E-state index contributed by atoms with van der Waals surface area (Å²) < 4.78 is 18.4. The lowest BCUT2D eigenvalue weighted by Crippen LogP contribution is -2.44. The maximum atomic E-state index is 12.9. The highest BCUT2D eigenvalue weighted by atomic mass is 19.1. The first-order valence-corrected chi connectivity index (χ1v) is 10.3. The first kappa shape index (κ1) is 20.8. The predicted molar refractivity (Wildman–Crippen MR) is 110 cm³/mol. The van der Waals surface area contributed by atoms with Gasteiger partial charge in [-0.25, -0.2) is 14.2 Å². The van der Waals surface area contributed by atoms with Crippen molar-refractivity contribution >= 4 is 23.5 Å². The number of halogens is 1. The fourth-order valence-electron chi connectivity index (χ4n) is 3.96. The maximum absolute atomic E-state index is 12.9. The number of nitrogens with zero attached hydrogens (tertiary/aromatic N) is 2. The minimum absolute atomic E-state index is 0.165. The predicted octanol–water partition coefficient (Wildman–Crippen LogP) is 3.60. The summed E-state index contributed by atoms with van der Waals surface area (Å²) in [6.07, 6.45) is 5.23. The molecule has 0 atom stereocenters. The Balaban J connectivity index is 1.23. The molecule has 1 saturated carbocycles. The molecule has 2 N–H and O–H groups in total. The number of imide groups is 1. The van der Waals surface area contributed by atoms with Crippen LogP contribution in [0.1, 0.15) is 38.5 Å². The van der Waals surface area contributed by atoms with Crippen LogP contribution in [0.4, 0.5) is 14.9 Å². The Hall–Kier alpha value is -3.49. The van der Waals surface area contributed by atoms with E-state index < -0.39 is 5.54 Å². The highest BCUT2D eigenvalue weighted by Crippen LogP contribution is 2.35. The van der Waals surface area contributed by atoms with Gasteiger partial charge in [0.2, 0.25) is 11.8 Å². The summed E-state index contributed by atoms with van der Waals surface area (Å²) in [7, 11) is 0. The molecule has 8 nitrogen and oxygen atoms in total. The lowest BCUT2D eigenvalue weighted by Gasteiger charge is -2.19. The zero-order valence-electron chi connectivity index (χ0n) is 16.9. The van der Waals surface area contributed by atoms with Gasteiger partial charge in [-0.2, -0.15) is 0 Å². The number of aromatic nitrogens is 1. The average Bonchev–Trinajstić information content (AvgIpc) is 3.31. The number of benzene rings is 1. The van der Waals surface area contributed by atoms with Gasteiger partial charge in [0.15, 0.2) is 0 Å². The molecular weight excluding hydrogens is 403 g/mol. The number of rotatable bonds is 7. The molecule has 0 radical (unpaired) electrons. The van der Waals surface area contributed by atoms with Crippen LogP contribution >= 0.6 is 0 Å². The SMILES string of the molecule is O=C(CCCN1C(=O)NC2(CCCC2)C1=O)Nc1ccc(Oc2ccc(F)cc2)nc1. The molecule has 31 heavy (non-hydrogen) atoms. The van der Waals surface area contributed by atoms with Gasteiger partial charge in [-0.3, -0.25) is 14.5 Å². The van der Waals surface area contributed by atoms with E-state index >= 15 is 0 Å². The standard InChI is InChI=1S/C22H23FN4O4/c23-15-5-8-17(9-6-15)31-19-10-7-16(14-24-19)25-18(28)4-3-13-27-20(29)22(26-21(27)30)11-1-2-12-22/h5-10,14H,1-4,11-13H2,(H,25,28)(H,26,30). The number of nitrogens with one attached hydrogen (secondary N) is 2. The summed E-state index contributed by atoms with van der Waals surface area (Å²) in [6, 6.07) is 8.43. The molecule has 0 unspecified atom stereocenters. The normalized spacial score (nSPS) is 17.1. The summed E-state index contributed by atoms with van der Waals surface area (Å²) in [5.41, 5.74) is -0.223. The van der Waals surface area contributed by atoms with Crippen LogP contribution in [0.25, 0.3) is 0 Å². The van der Waals surface area contributed by atoms with Gasteiger partial charge in [0.1, 0.15) is 17.1 Å². The summed E-state index contributed by atoms with van der Waals surface area (Å²) in [4.78, 5) is 42.3. The molecule has 2 heterocycles. The van der Waals surface area contributed by atoms with Crippen LogP contribution in [0, 0.1) is 5.82 Å². The molecule has 1 aliphatic carbocycles. The Morgan fingerprint density at radius 2 is 1.90 bits per heavy atom. The van der Waals surface area contributed by atoms with Gasteiger partial charge < -0.3 is 15.4 Å². The van der Waals surface area contributed by atoms with Crippen LogP contribution in [-0.4, -0.2) is 39.8 Å². The molecule has 9 heteroatoms. The molecule has 162 valence electrons. The number of carbonyl (C=O) groups excluding carboxylic acids is 3. The molecule has 1 spiro atoms. The zero-order chi connectivity index (χ0) is 21.8. The van der Waals surface area contributed by atoms with Crippen molar-refractivity contribution in [3.63, 3.8) is 0 Å². The second kappa shape index (κ2) is 8.71. The molecule has 1 aromatic heterocycles. The quantitative estimate of drug-likeness (QED) is 0.659. The van der Waals surface area contributed by atoms with Crippen LogP contribution in [0.2, 0.25) is 0 Å². The van der Waals surface area contributed by atoms with E-state index in [-0.39, 0.29) is 36.6 Å². The highest BCUT2D eigenvalue weighted by Gasteiger charge is 2.51. The zero-order valence-corrected chi connectivity index (χ0v) is 16.9. The van der Waals surface area contributed by atoms with E-state index in [9.17, 15) is 18.8 Å². The minimum atomic E-state index is -0.720. The van der Waals surface area contributed by atoms with Gasteiger partial charge in [-0.15, -0.1) is 0 Å². The number of anilines is 1. The summed E-state index contributed by atoms with van der Waals surface area (Å²) in [5.74, 6) is -0.00583. The number of urea groups is 1. The lowest BCUT2D eigenvalue weighted by atomic mass is 9.98. The van der Waals surface area contributed by atoms with Crippen molar-refractivity contribution in [1.82, 2.24) is 15.2 Å². The van der Waals surface area contributed by atoms with Crippen LogP contribution in [0.15, 0.2) is 42.6 Å². The number of pyridine rings is 1. The third-order valence-electron chi connectivity index (χ3n) is 5.54. The Labute approximate surface area is 178 Å². The minimum Gasteiger partial charge on any atom is -0.439 e. The lowest BCUT2D eigenvalue weighted by molar-refractivity contribution is -0.131. The van der Waals surface area contributed by atoms with Crippen molar-refractivity contribution in [2.75, 3.05) is 11.9 Å². The highest BCUT2D eigenvalue weighted by molar-refractivity contribution is 6.07. The van der Waals surface area contributed by atoms with E-state index in [4.69, 9.17) is 4.74 Å². The van der Waals surface area contributed by atoms with Gasteiger partial charge in [0.05, 0.1) is 11.9 Å². The Morgan fingerprint density at radius 1 is 1.16 bits per heavy atom. The molecular formula is C22H23FN4O4. The van der Waals surface area contributed by atoms with Gasteiger partial charge in [-0.1, -0.05) is 12.8 Å². The first-order chi connectivity index (χ1) is 14.9. The van der Waals surface area contributed by atoms with Crippen molar-refractivity contribution in [3.8, 4) is 11.6 Å². The average molecular weight is 426 g/mol. The number of hydrogen-bond donors (Lipinski definition) is 2. The molecule has 4 rings (SSSR count). The van der Waals surface area contributed by atoms with Crippen molar-refractivity contribution < 1.29 is 23.5 Å². The van der Waals surface area contributed by atoms with Crippen molar-refractivity contribution in [2.45, 2.75) is 44.1 Å². The Morgan fingerprint density at radius 3 is 2.58 bits per heavy atom. The third kappa shape index (κ3) is 4.65. The second-order valence-electron chi connectivity index (χ2n) is 7.77. The number of ether oxygens (including phenoxy) is 1. The molecule has 1 aliphatic heterocycles. The summed E-state index contributed by atoms with van der Waals surface area (Å²) >= 11 is 0. The molecule has 2 fully saturated rings. The van der Waals surface area contributed by atoms with Gasteiger partial charge >= 0.3 is 6.03 Å². The van der Waals surface area contributed by atoms with Crippen LogP contribution in [-0.2, 0) is 9.59 Å².